The zero-order chi connectivity index (χ0) is 11.4. The molecule has 1 aromatic carbocycles. The Labute approximate surface area is 85.8 Å². The summed E-state index contributed by atoms with van der Waals surface area (Å²) < 4.78 is 0. The molecular weight excluding hydrogens is 198 g/mol. The molecule has 0 heterocycles. The summed E-state index contributed by atoms with van der Waals surface area (Å²) in [4.78, 5) is 10.6. The highest BCUT2D eigenvalue weighted by Gasteiger charge is 2.12. The van der Waals surface area contributed by atoms with Crippen LogP contribution in [0.5, 0.6) is 11.5 Å². The van der Waals surface area contributed by atoms with E-state index in [1.54, 1.807) is 0 Å². The first-order valence-corrected chi connectivity index (χ1v) is 4.04. The first-order chi connectivity index (χ1) is 7.06. The third kappa shape index (κ3) is 2.39. The summed E-state index contributed by atoms with van der Waals surface area (Å²) in [6.45, 7) is 0.0999. The van der Waals surface area contributed by atoms with E-state index in [1.165, 1.54) is 0 Å². The molecule has 0 saturated heterocycles. The van der Waals surface area contributed by atoms with Crippen molar-refractivity contribution in [1.29, 1.82) is 0 Å². The fourth-order valence-corrected chi connectivity index (χ4v) is 0.995. The normalized spacial score (nSPS) is 9.13. The van der Waals surface area contributed by atoms with Crippen molar-refractivity contribution >= 4 is 5.97 Å². The molecule has 5 heteroatoms. The SMILES string of the molecule is NCC#Cc1cc(C(=O)O)c(O)cc1O. The molecule has 0 aliphatic rings. The van der Waals surface area contributed by atoms with Gasteiger partial charge in [0, 0.05) is 6.07 Å². The van der Waals surface area contributed by atoms with Gasteiger partial charge in [-0.05, 0) is 6.07 Å². The average Bonchev–Trinajstić information content (AvgIpc) is 2.16. The van der Waals surface area contributed by atoms with E-state index >= 15 is 0 Å². The summed E-state index contributed by atoms with van der Waals surface area (Å²) in [5, 5.41) is 27.2. The summed E-state index contributed by atoms with van der Waals surface area (Å²) in [7, 11) is 0. The van der Waals surface area contributed by atoms with Gasteiger partial charge in [-0.2, -0.15) is 0 Å². The second-order valence-corrected chi connectivity index (χ2v) is 2.70. The molecular formula is C10H9NO4. The molecule has 0 aromatic heterocycles. The van der Waals surface area contributed by atoms with Crippen molar-refractivity contribution in [3.05, 3.63) is 23.3 Å². The van der Waals surface area contributed by atoms with Gasteiger partial charge < -0.3 is 21.1 Å². The first kappa shape index (κ1) is 10.9. The topological polar surface area (TPSA) is 104 Å². The van der Waals surface area contributed by atoms with Crippen molar-refractivity contribution in [1.82, 2.24) is 0 Å². The van der Waals surface area contributed by atoms with Crippen LogP contribution in [0.25, 0.3) is 0 Å². The van der Waals surface area contributed by atoms with Crippen LogP contribution in [0.15, 0.2) is 12.1 Å². The van der Waals surface area contributed by atoms with E-state index in [0.29, 0.717) is 0 Å². The average molecular weight is 207 g/mol. The Bertz CT molecular complexity index is 456. The number of nitrogens with two attached hydrogens (primary N) is 1. The van der Waals surface area contributed by atoms with Crippen molar-refractivity contribution in [3.8, 4) is 23.3 Å². The number of hydrogen-bond acceptors (Lipinski definition) is 4. The van der Waals surface area contributed by atoms with Crippen LogP contribution in [0.1, 0.15) is 15.9 Å². The molecule has 5 nitrogen and oxygen atoms in total. The minimum atomic E-state index is -1.29. The van der Waals surface area contributed by atoms with E-state index in [-0.39, 0.29) is 23.4 Å². The Hall–Kier alpha value is -2.19. The molecule has 78 valence electrons. The van der Waals surface area contributed by atoms with Gasteiger partial charge in [0.05, 0.1) is 12.1 Å². The van der Waals surface area contributed by atoms with Gasteiger partial charge in [0.25, 0.3) is 0 Å². The number of hydrogen-bond donors (Lipinski definition) is 4. The Morgan fingerprint density at radius 2 is 2.00 bits per heavy atom. The Balaban J connectivity index is 3.29. The van der Waals surface area contributed by atoms with Crippen molar-refractivity contribution < 1.29 is 20.1 Å². The molecule has 1 rings (SSSR count). The fourth-order valence-electron chi connectivity index (χ4n) is 0.995. The first-order valence-electron chi connectivity index (χ1n) is 4.04. The Morgan fingerprint density at radius 3 is 2.53 bits per heavy atom. The van der Waals surface area contributed by atoms with E-state index in [9.17, 15) is 15.0 Å². The van der Waals surface area contributed by atoms with Gasteiger partial charge in [-0.3, -0.25) is 0 Å². The smallest absolute Gasteiger partial charge is 0.339 e. The molecule has 15 heavy (non-hydrogen) atoms. The summed E-state index contributed by atoms with van der Waals surface area (Å²) in [5.41, 5.74) is 4.94. The van der Waals surface area contributed by atoms with Crippen molar-refractivity contribution in [3.63, 3.8) is 0 Å². The molecule has 0 aliphatic heterocycles. The highest BCUT2D eigenvalue weighted by molar-refractivity contribution is 5.91. The molecule has 1 aromatic rings. The second kappa shape index (κ2) is 4.35. The predicted octanol–water partition coefficient (Wildman–Crippen LogP) is 0.106. The molecule has 5 N–H and O–H groups in total. The number of phenolic OH excluding ortho intramolecular Hbond substituents is 1. The molecule has 0 aliphatic carbocycles. The summed E-state index contributed by atoms with van der Waals surface area (Å²) in [6.07, 6.45) is 0. The van der Waals surface area contributed by atoms with E-state index in [1.807, 2.05) is 0 Å². The number of aromatic hydroxyl groups is 2. The van der Waals surface area contributed by atoms with Crippen LogP contribution in [0.2, 0.25) is 0 Å². The quantitative estimate of drug-likeness (QED) is 0.489. The standard InChI is InChI=1S/C10H9NO4/c11-3-1-2-6-4-7(10(14)15)9(13)5-8(6)12/h4-5,12-13H,3,11H2,(H,14,15). The maximum atomic E-state index is 10.6. The van der Waals surface area contributed by atoms with Crippen LogP contribution < -0.4 is 5.73 Å². The molecule has 0 atom stereocenters. The maximum Gasteiger partial charge on any atom is 0.339 e. The number of carboxylic acids is 1. The predicted molar refractivity (Wildman–Crippen MR) is 52.7 cm³/mol. The zero-order valence-corrected chi connectivity index (χ0v) is 7.69. The van der Waals surface area contributed by atoms with Gasteiger partial charge in [0.15, 0.2) is 0 Å². The van der Waals surface area contributed by atoms with Crippen molar-refractivity contribution in [2.24, 2.45) is 5.73 Å². The van der Waals surface area contributed by atoms with Crippen LogP contribution in [0.3, 0.4) is 0 Å². The minimum absolute atomic E-state index is 0.0999. The van der Waals surface area contributed by atoms with Gasteiger partial charge in [0.1, 0.15) is 17.1 Å². The molecule has 0 bridgehead atoms. The highest BCUT2D eigenvalue weighted by Crippen LogP contribution is 2.26. The van der Waals surface area contributed by atoms with Gasteiger partial charge in [-0.1, -0.05) is 11.8 Å². The number of carboxylic acid groups (broad SMARTS) is 1. The number of rotatable bonds is 1. The van der Waals surface area contributed by atoms with Crippen LogP contribution in [0, 0.1) is 11.8 Å². The lowest BCUT2D eigenvalue weighted by molar-refractivity contribution is 0.0693. The molecule has 0 spiro atoms. The number of carbonyl (C=O) groups is 1. The van der Waals surface area contributed by atoms with E-state index in [0.717, 1.165) is 12.1 Å². The van der Waals surface area contributed by atoms with E-state index in [2.05, 4.69) is 11.8 Å². The lowest BCUT2D eigenvalue weighted by Gasteiger charge is -2.02. The van der Waals surface area contributed by atoms with Crippen LogP contribution in [-0.4, -0.2) is 27.8 Å². The third-order valence-corrected chi connectivity index (χ3v) is 1.67. The summed E-state index contributed by atoms with van der Waals surface area (Å²) in [5.74, 6) is 2.90. The second-order valence-electron chi connectivity index (χ2n) is 2.70. The van der Waals surface area contributed by atoms with Gasteiger partial charge >= 0.3 is 5.97 Å². The molecule has 0 unspecified atom stereocenters. The van der Waals surface area contributed by atoms with Crippen molar-refractivity contribution in [2.75, 3.05) is 6.54 Å². The van der Waals surface area contributed by atoms with Crippen LogP contribution in [-0.2, 0) is 0 Å². The largest absolute Gasteiger partial charge is 0.507 e. The lowest BCUT2D eigenvalue weighted by Crippen LogP contribution is -1.98. The molecule has 0 amide bonds. The lowest BCUT2D eigenvalue weighted by atomic mass is 10.1. The van der Waals surface area contributed by atoms with Gasteiger partial charge in [0.2, 0.25) is 0 Å². The van der Waals surface area contributed by atoms with Gasteiger partial charge in [-0.15, -0.1) is 0 Å². The molecule has 0 saturated carbocycles. The number of aromatic carboxylic acids is 1. The van der Waals surface area contributed by atoms with E-state index in [4.69, 9.17) is 10.8 Å². The third-order valence-electron chi connectivity index (χ3n) is 1.67. The Kier molecular flexibility index (Phi) is 3.16. The fraction of sp³-hybridized carbons (Fsp3) is 0.100. The highest BCUT2D eigenvalue weighted by atomic mass is 16.4. The molecule has 0 radical (unpaired) electrons. The maximum absolute atomic E-state index is 10.6. The minimum Gasteiger partial charge on any atom is -0.507 e. The van der Waals surface area contributed by atoms with Crippen LogP contribution >= 0.6 is 0 Å². The number of phenols is 2. The summed E-state index contributed by atoms with van der Waals surface area (Å²) >= 11 is 0. The monoisotopic (exact) mass is 207 g/mol. The molecule has 0 fully saturated rings. The van der Waals surface area contributed by atoms with Crippen molar-refractivity contribution in [2.45, 2.75) is 0 Å². The van der Waals surface area contributed by atoms with Gasteiger partial charge in [-0.25, -0.2) is 4.79 Å². The zero-order valence-electron chi connectivity index (χ0n) is 7.69. The number of benzene rings is 1. The summed E-state index contributed by atoms with van der Waals surface area (Å²) in [6, 6.07) is 2.03. The van der Waals surface area contributed by atoms with E-state index < -0.39 is 11.7 Å². The van der Waals surface area contributed by atoms with Crippen LogP contribution in [0.4, 0.5) is 0 Å². The Morgan fingerprint density at radius 1 is 1.33 bits per heavy atom.